The van der Waals surface area contributed by atoms with Gasteiger partial charge in [0.25, 0.3) is 0 Å². The maximum atomic E-state index is 12.6. The molecule has 1 aliphatic heterocycles. The lowest BCUT2D eigenvalue weighted by Crippen LogP contribution is -2.55. The molecule has 1 atom stereocenters. The number of benzene rings is 2. The molecule has 32 heavy (non-hydrogen) atoms. The van der Waals surface area contributed by atoms with Crippen molar-refractivity contribution in [3.8, 4) is 0 Å². The van der Waals surface area contributed by atoms with Crippen LogP contribution in [0.2, 0.25) is 10.0 Å². The number of halogens is 2. The third kappa shape index (κ3) is 4.66. The molecule has 0 aliphatic carbocycles. The molecule has 2 aromatic carbocycles. The zero-order valence-electron chi connectivity index (χ0n) is 18.8. The molecule has 0 bridgehead atoms. The first-order valence-corrected chi connectivity index (χ1v) is 11.5. The quantitative estimate of drug-likeness (QED) is 0.478. The summed E-state index contributed by atoms with van der Waals surface area (Å²) in [6, 6.07) is 13.7. The molecule has 0 saturated carbocycles. The number of carbonyl (C=O) groups is 1. The predicted molar refractivity (Wildman–Crippen MR) is 130 cm³/mol. The molecule has 1 aromatic heterocycles. The third-order valence-electron chi connectivity index (χ3n) is 5.55. The molecular formula is C24H28Cl2N4O2. The minimum absolute atomic E-state index is 0.0635. The summed E-state index contributed by atoms with van der Waals surface area (Å²) in [6.45, 7) is 10.0. The number of para-hydroxylation sites is 2. The first kappa shape index (κ1) is 22.7. The monoisotopic (exact) mass is 474 g/mol. The summed E-state index contributed by atoms with van der Waals surface area (Å²) < 4.78 is 7.72. The second-order valence-corrected chi connectivity index (χ2v) is 9.97. The fourth-order valence-corrected chi connectivity index (χ4v) is 4.54. The summed E-state index contributed by atoms with van der Waals surface area (Å²) in [6.07, 6.45) is -0.277. The first-order chi connectivity index (χ1) is 15.1. The van der Waals surface area contributed by atoms with Crippen LogP contribution in [0.15, 0.2) is 42.5 Å². The number of hydrogen-bond donors (Lipinski definition) is 0. The lowest BCUT2D eigenvalue weighted by molar-refractivity contribution is 0.0218. The van der Waals surface area contributed by atoms with Crippen LogP contribution in [-0.2, 0) is 11.3 Å². The minimum atomic E-state index is -0.514. The van der Waals surface area contributed by atoms with E-state index >= 15 is 0 Å². The lowest BCUT2D eigenvalue weighted by Gasteiger charge is -2.40. The Hall–Kier alpha value is -2.44. The lowest BCUT2D eigenvalue weighted by atomic mass is 10.2. The van der Waals surface area contributed by atoms with Crippen molar-refractivity contribution in [2.45, 2.75) is 45.9 Å². The molecule has 2 heterocycles. The summed E-state index contributed by atoms with van der Waals surface area (Å²) in [5, 5.41) is 1.26. The Labute approximate surface area is 198 Å². The molecule has 1 amide bonds. The number of fused-ring (bicyclic) bond motifs is 1. The van der Waals surface area contributed by atoms with Crippen molar-refractivity contribution in [3.63, 3.8) is 0 Å². The normalized spacial score (nSPS) is 17.1. The zero-order valence-corrected chi connectivity index (χ0v) is 20.3. The molecule has 8 heteroatoms. The SMILES string of the molecule is C[C@@H]1CN(C(=O)OC(C)(C)C)CCN1c1nc2ccccc2n1Cc1c(Cl)cccc1Cl. The number of piperazine rings is 1. The van der Waals surface area contributed by atoms with E-state index in [4.69, 9.17) is 32.9 Å². The van der Waals surface area contributed by atoms with Crippen LogP contribution >= 0.6 is 23.2 Å². The molecule has 6 nitrogen and oxygen atoms in total. The molecule has 4 rings (SSSR count). The van der Waals surface area contributed by atoms with Crippen LogP contribution in [-0.4, -0.2) is 51.8 Å². The highest BCUT2D eigenvalue weighted by atomic mass is 35.5. The Balaban J connectivity index is 1.65. The summed E-state index contributed by atoms with van der Waals surface area (Å²) in [7, 11) is 0. The maximum Gasteiger partial charge on any atom is 0.410 e. The van der Waals surface area contributed by atoms with Crippen LogP contribution in [0.1, 0.15) is 33.3 Å². The van der Waals surface area contributed by atoms with Gasteiger partial charge in [0.05, 0.1) is 17.6 Å². The van der Waals surface area contributed by atoms with Gasteiger partial charge in [-0.05, 0) is 52.0 Å². The van der Waals surface area contributed by atoms with Gasteiger partial charge in [0, 0.05) is 41.3 Å². The average Bonchev–Trinajstić information content (AvgIpc) is 3.07. The van der Waals surface area contributed by atoms with Crippen molar-refractivity contribution < 1.29 is 9.53 Å². The van der Waals surface area contributed by atoms with Crippen LogP contribution in [0.4, 0.5) is 10.7 Å². The molecule has 0 unspecified atom stereocenters. The van der Waals surface area contributed by atoms with E-state index in [1.54, 1.807) is 4.90 Å². The number of nitrogens with zero attached hydrogens (tertiary/aromatic N) is 4. The number of amides is 1. The average molecular weight is 475 g/mol. The zero-order chi connectivity index (χ0) is 23.0. The van der Waals surface area contributed by atoms with E-state index in [-0.39, 0.29) is 12.1 Å². The Bertz CT molecular complexity index is 1120. The summed E-state index contributed by atoms with van der Waals surface area (Å²) in [5.41, 5.74) is 2.27. The van der Waals surface area contributed by atoms with E-state index in [0.29, 0.717) is 36.2 Å². The third-order valence-corrected chi connectivity index (χ3v) is 6.26. The van der Waals surface area contributed by atoms with E-state index in [1.807, 2.05) is 57.2 Å². The largest absolute Gasteiger partial charge is 0.444 e. The van der Waals surface area contributed by atoms with Crippen LogP contribution in [0.25, 0.3) is 11.0 Å². The van der Waals surface area contributed by atoms with Gasteiger partial charge in [-0.2, -0.15) is 0 Å². The molecule has 0 N–H and O–H groups in total. The van der Waals surface area contributed by atoms with Gasteiger partial charge in [-0.15, -0.1) is 0 Å². The van der Waals surface area contributed by atoms with Gasteiger partial charge >= 0.3 is 6.09 Å². The van der Waals surface area contributed by atoms with E-state index in [1.165, 1.54) is 0 Å². The fraction of sp³-hybridized carbons (Fsp3) is 0.417. The predicted octanol–water partition coefficient (Wildman–Crippen LogP) is 5.84. The highest BCUT2D eigenvalue weighted by Crippen LogP contribution is 2.31. The van der Waals surface area contributed by atoms with E-state index in [2.05, 4.69) is 22.5 Å². The second kappa shape index (κ2) is 8.83. The van der Waals surface area contributed by atoms with Crippen molar-refractivity contribution in [1.29, 1.82) is 0 Å². The topological polar surface area (TPSA) is 50.6 Å². The number of ether oxygens (including phenoxy) is 1. The molecule has 1 saturated heterocycles. The highest BCUT2D eigenvalue weighted by Gasteiger charge is 2.32. The van der Waals surface area contributed by atoms with Gasteiger partial charge in [-0.3, -0.25) is 0 Å². The summed E-state index contributed by atoms with van der Waals surface area (Å²) >= 11 is 13.0. The highest BCUT2D eigenvalue weighted by molar-refractivity contribution is 6.36. The maximum absolute atomic E-state index is 12.6. The van der Waals surface area contributed by atoms with E-state index in [0.717, 1.165) is 22.5 Å². The standard InChI is InChI=1S/C24H28Cl2N4O2/c1-16-14-28(23(31)32-24(2,3)4)12-13-29(16)22-27-20-10-5-6-11-21(20)30(22)15-17-18(25)8-7-9-19(17)26/h5-11,16H,12-15H2,1-4H3/t16-/m1/s1. The number of anilines is 1. The van der Waals surface area contributed by atoms with Crippen molar-refractivity contribution in [2.24, 2.45) is 0 Å². The van der Waals surface area contributed by atoms with Gasteiger partial charge in [0.15, 0.2) is 0 Å². The van der Waals surface area contributed by atoms with Crippen molar-refractivity contribution in [2.75, 3.05) is 24.5 Å². The van der Waals surface area contributed by atoms with Crippen LogP contribution in [0.5, 0.6) is 0 Å². The molecule has 0 radical (unpaired) electrons. The molecule has 1 fully saturated rings. The Kier molecular flexibility index (Phi) is 6.28. The second-order valence-electron chi connectivity index (χ2n) is 9.16. The number of rotatable bonds is 3. The summed E-state index contributed by atoms with van der Waals surface area (Å²) in [4.78, 5) is 21.5. The van der Waals surface area contributed by atoms with Crippen LogP contribution < -0.4 is 4.90 Å². The molecule has 170 valence electrons. The number of hydrogen-bond acceptors (Lipinski definition) is 4. The number of carbonyl (C=O) groups excluding carboxylic acids is 1. The van der Waals surface area contributed by atoms with Gasteiger partial charge in [0.1, 0.15) is 5.60 Å². The smallest absolute Gasteiger partial charge is 0.410 e. The Morgan fingerprint density at radius 3 is 2.44 bits per heavy atom. The fourth-order valence-electron chi connectivity index (χ4n) is 4.03. The van der Waals surface area contributed by atoms with Crippen molar-refractivity contribution >= 4 is 46.3 Å². The Morgan fingerprint density at radius 1 is 1.09 bits per heavy atom. The van der Waals surface area contributed by atoms with Crippen molar-refractivity contribution in [3.05, 3.63) is 58.1 Å². The summed E-state index contributed by atoms with van der Waals surface area (Å²) in [5.74, 6) is 0.846. The van der Waals surface area contributed by atoms with Gasteiger partial charge < -0.3 is 19.1 Å². The molecule has 0 spiro atoms. The van der Waals surface area contributed by atoms with E-state index in [9.17, 15) is 4.79 Å². The van der Waals surface area contributed by atoms with Crippen LogP contribution in [0, 0.1) is 0 Å². The number of imidazole rings is 1. The van der Waals surface area contributed by atoms with Crippen molar-refractivity contribution in [1.82, 2.24) is 14.5 Å². The molecule has 3 aromatic rings. The molecular weight excluding hydrogens is 447 g/mol. The van der Waals surface area contributed by atoms with Gasteiger partial charge in [-0.1, -0.05) is 41.4 Å². The minimum Gasteiger partial charge on any atom is -0.444 e. The molecule has 1 aliphatic rings. The van der Waals surface area contributed by atoms with Gasteiger partial charge in [0.2, 0.25) is 5.95 Å². The van der Waals surface area contributed by atoms with Gasteiger partial charge in [-0.25, -0.2) is 9.78 Å². The van der Waals surface area contributed by atoms with E-state index < -0.39 is 5.60 Å². The first-order valence-electron chi connectivity index (χ1n) is 10.8. The Morgan fingerprint density at radius 2 is 1.78 bits per heavy atom. The van der Waals surface area contributed by atoms with Crippen LogP contribution in [0.3, 0.4) is 0 Å². The number of aromatic nitrogens is 2.